The second kappa shape index (κ2) is 6.66. The summed E-state index contributed by atoms with van der Waals surface area (Å²) in [5.41, 5.74) is 4.79. The van der Waals surface area contributed by atoms with Gasteiger partial charge in [-0.25, -0.2) is 4.18 Å². The average molecular weight is 330 g/mol. The largest absolute Gasteiger partial charge is 0.397 e. The van der Waals surface area contributed by atoms with E-state index >= 15 is 0 Å². The number of fused-ring (bicyclic) bond motifs is 2. The fourth-order valence-electron chi connectivity index (χ4n) is 3.07. The van der Waals surface area contributed by atoms with Crippen molar-refractivity contribution in [2.45, 2.75) is 18.8 Å². The average Bonchev–Trinajstić information content (AvgIpc) is 2.68. The Hall–Kier alpha value is -1.95. The summed E-state index contributed by atoms with van der Waals surface area (Å²) in [6.45, 7) is -0.0207. The van der Waals surface area contributed by atoms with E-state index in [2.05, 4.69) is 40.6 Å². The lowest BCUT2D eigenvalue weighted by Crippen LogP contribution is -2.08. The lowest BCUT2D eigenvalue weighted by Gasteiger charge is -2.20. The molecule has 0 amide bonds. The first-order valence-electron chi connectivity index (χ1n) is 7.52. The highest BCUT2D eigenvalue weighted by Crippen LogP contribution is 2.37. The van der Waals surface area contributed by atoms with Gasteiger partial charge in [0.25, 0.3) is 0 Å². The molecule has 0 unspecified atom stereocenters. The number of hydrogen-bond acceptors (Lipinski definition) is 3. The Kier molecular flexibility index (Phi) is 4.61. The summed E-state index contributed by atoms with van der Waals surface area (Å²) >= 11 is 0. The van der Waals surface area contributed by atoms with E-state index in [0.29, 0.717) is 6.42 Å². The summed E-state index contributed by atoms with van der Waals surface area (Å²) in [5.74, 6) is 0.169. The third-order valence-electron chi connectivity index (χ3n) is 4.05. The first kappa shape index (κ1) is 15.9. The Balaban J connectivity index is 1.87. The minimum atomic E-state index is -4.37. The van der Waals surface area contributed by atoms with Crippen molar-refractivity contribution in [2.24, 2.45) is 0 Å². The van der Waals surface area contributed by atoms with Gasteiger partial charge in [-0.15, -0.1) is 0 Å². The van der Waals surface area contributed by atoms with Gasteiger partial charge in [0, 0.05) is 5.92 Å². The normalized spacial score (nSPS) is 14.1. The molecule has 2 aromatic carbocycles. The maximum absolute atomic E-state index is 10.7. The second-order valence-corrected chi connectivity index (χ2v) is 6.63. The van der Waals surface area contributed by atoms with Gasteiger partial charge in [-0.1, -0.05) is 60.7 Å². The molecule has 0 bridgehead atoms. The van der Waals surface area contributed by atoms with E-state index in [4.69, 9.17) is 4.55 Å². The zero-order valence-electron chi connectivity index (χ0n) is 12.6. The first-order chi connectivity index (χ1) is 11.0. The van der Waals surface area contributed by atoms with Crippen LogP contribution in [0.15, 0.2) is 48.5 Å². The van der Waals surface area contributed by atoms with Crippen molar-refractivity contribution in [3.8, 4) is 0 Å². The molecular formula is C18H18O4S. The molecule has 0 spiro atoms. The number of rotatable bonds is 5. The standard InChI is InChI=1S/C18H18O4S/c19-23(20,21)22-13-5-10-18-16-8-3-1-6-14(16)11-12-15-7-2-4-9-17(15)18/h1-4,6-9,11-12,18H,5,10,13H2,(H,19,20,21). The van der Waals surface area contributed by atoms with E-state index in [1.807, 2.05) is 24.3 Å². The van der Waals surface area contributed by atoms with Crippen molar-refractivity contribution in [1.82, 2.24) is 0 Å². The van der Waals surface area contributed by atoms with Gasteiger partial charge in [-0.3, -0.25) is 4.55 Å². The van der Waals surface area contributed by atoms with Gasteiger partial charge in [0.2, 0.25) is 0 Å². The van der Waals surface area contributed by atoms with Crippen LogP contribution in [0.1, 0.15) is 41.0 Å². The Labute approximate surface area is 136 Å². The molecule has 4 nitrogen and oxygen atoms in total. The lowest BCUT2D eigenvalue weighted by atomic mass is 9.84. The zero-order valence-corrected chi connectivity index (χ0v) is 13.4. The van der Waals surface area contributed by atoms with E-state index in [-0.39, 0.29) is 12.5 Å². The van der Waals surface area contributed by atoms with Crippen LogP contribution < -0.4 is 0 Å². The molecule has 0 radical (unpaired) electrons. The molecule has 2 aromatic rings. The Morgan fingerprint density at radius 1 is 0.913 bits per heavy atom. The van der Waals surface area contributed by atoms with Crippen molar-refractivity contribution in [2.75, 3.05) is 6.61 Å². The molecule has 0 aliphatic heterocycles. The van der Waals surface area contributed by atoms with Crippen LogP contribution >= 0.6 is 0 Å². The van der Waals surface area contributed by atoms with Gasteiger partial charge in [0.05, 0.1) is 6.61 Å². The van der Waals surface area contributed by atoms with Gasteiger partial charge in [0.15, 0.2) is 0 Å². The summed E-state index contributed by atoms with van der Waals surface area (Å²) in [5, 5.41) is 0. The molecule has 0 fully saturated rings. The molecule has 0 heterocycles. The van der Waals surface area contributed by atoms with Crippen molar-refractivity contribution in [3.05, 3.63) is 70.8 Å². The van der Waals surface area contributed by atoms with Gasteiger partial charge >= 0.3 is 10.4 Å². The summed E-state index contributed by atoms with van der Waals surface area (Å²) in [4.78, 5) is 0. The van der Waals surface area contributed by atoms with Crippen LogP contribution in [-0.4, -0.2) is 19.6 Å². The number of hydrogen-bond donors (Lipinski definition) is 1. The van der Waals surface area contributed by atoms with E-state index in [1.165, 1.54) is 22.3 Å². The molecule has 1 N–H and O–H groups in total. The molecule has 1 aliphatic rings. The Bertz CT molecular complexity index is 775. The summed E-state index contributed by atoms with van der Waals surface area (Å²) in [6, 6.07) is 16.4. The fraction of sp³-hybridized carbons (Fsp3) is 0.222. The van der Waals surface area contributed by atoms with Gasteiger partial charge in [0.1, 0.15) is 0 Å². The second-order valence-electron chi connectivity index (χ2n) is 5.54. The van der Waals surface area contributed by atoms with E-state index < -0.39 is 10.4 Å². The van der Waals surface area contributed by atoms with Gasteiger partial charge in [-0.05, 0) is 35.1 Å². The summed E-state index contributed by atoms with van der Waals surface area (Å²) < 4.78 is 34.4. The van der Waals surface area contributed by atoms with Crippen molar-refractivity contribution in [1.29, 1.82) is 0 Å². The summed E-state index contributed by atoms with van der Waals surface area (Å²) in [6.07, 6.45) is 5.50. The Morgan fingerprint density at radius 2 is 1.43 bits per heavy atom. The Morgan fingerprint density at radius 3 is 1.96 bits per heavy atom. The number of benzene rings is 2. The van der Waals surface area contributed by atoms with Crippen LogP contribution in [0, 0.1) is 0 Å². The molecular weight excluding hydrogens is 312 g/mol. The highest BCUT2D eigenvalue weighted by atomic mass is 32.3. The highest BCUT2D eigenvalue weighted by Gasteiger charge is 2.20. The molecule has 0 aromatic heterocycles. The van der Waals surface area contributed by atoms with E-state index in [0.717, 1.165) is 6.42 Å². The monoisotopic (exact) mass is 330 g/mol. The quantitative estimate of drug-likeness (QED) is 0.667. The van der Waals surface area contributed by atoms with Crippen molar-refractivity contribution >= 4 is 22.6 Å². The molecule has 5 heteroatoms. The van der Waals surface area contributed by atoms with Crippen molar-refractivity contribution < 1.29 is 17.2 Å². The van der Waals surface area contributed by atoms with Crippen LogP contribution in [0.2, 0.25) is 0 Å². The SMILES string of the molecule is O=S(=O)(O)OCCCC1c2ccccc2C=Cc2ccccc21. The third-order valence-corrected chi connectivity index (χ3v) is 4.52. The molecule has 23 heavy (non-hydrogen) atoms. The van der Waals surface area contributed by atoms with Crippen LogP contribution in [0.3, 0.4) is 0 Å². The predicted octanol–water partition coefficient (Wildman–Crippen LogP) is 3.90. The zero-order chi connectivity index (χ0) is 16.3. The van der Waals surface area contributed by atoms with Gasteiger partial charge < -0.3 is 0 Å². The topological polar surface area (TPSA) is 63.6 Å². The lowest BCUT2D eigenvalue weighted by molar-refractivity contribution is 0.261. The fourth-order valence-corrected chi connectivity index (χ4v) is 3.40. The molecule has 0 atom stereocenters. The predicted molar refractivity (Wildman–Crippen MR) is 90.4 cm³/mol. The third kappa shape index (κ3) is 3.88. The van der Waals surface area contributed by atoms with Crippen LogP contribution in [0.25, 0.3) is 12.2 Å². The van der Waals surface area contributed by atoms with Crippen LogP contribution in [0.5, 0.6) is 0 Å². The first-order valence-corrected chi connectivity index (χ1v) is 8.89. The van der Waals surface area contributed by atoms with E-state index in [9.17, 15) is 8.42 Å². The maximum atomic E-state index is 10.7. The molecule has 0 saturated carbocycles. The molecule has 0 saturated heterocycles. The van der Waals surface area contributed by atoms with Gasteiger partial charge in [-0.2, -0.15) is 8.42 Å². The van der Waals surface area contributed by atoms with Crippen molar-refractivity contribution in [3.63, 3.8) is 0 Å². The maximum Gasteiger partial charge on any atom is 0.397 e. The molecule has 120 valence electrons. The van der Waals surface area contributed by atoms with E-state index in [1.54, 1.807) is 0 Å². The summed E-state index contributed by atoms with van der Waals surface area (Å²) in [7, 11) is -4.37. The smallest absolute Gasteiger partial charge is 0.264 e. The molecule has 3 rings (SSSR count). The minimum Gasteiger partial charge on any atom is -0.264 e. The molecule has 1 aliphatic carbocycles. The van der Waals surface area contributed by atoms with Crippen LogP contribution in [-0.2, 0) is 14.6 Å². The van der Waals surface area contributed by atoms with Crippen LogP contribution in [0.4, 0.5) is 0 Å². The highest BCUT2D eigenvalue weighted by molar-refractivity contribution is 7.80. The minimum absolute atomic E-state index is 0.0207.